The fourth-order valence-electron chi connectivity index (χ4n) is 1.87. The third-order valence-corrected chi connectivity index (χ3v) is 2.88. The first-order valence-corrected chi connectivity index (χ1v) is 6.70. The van der Waals surface area contributed by atoms with Gasteiger partial charge in [0.2, 0.25) is 5.91 Å². The van der Waals surface area contributed by atoms with Crippen molar-refractivity contribution in [3.8, 4) is 0 Å². The lowest BCUT2D eigenvalue weighted by Crippen LogP contribution is -2.47. The molecule has 0 saturated heterocycles. The maximum absolute atomic E-state index is 12.2. The van der Waals surface area contributed by atoms with Gasteiger partial charge < -0.3 is 16.4 Å². The Balaban J connectivity index is 2.82. The highest BCUT2D eigenvalue weighted by atomic mass is 16.2. The smallest absolute Gasteiger partial charge is 0.272 e. The Morgan fingerprint density at radius 2 is 1.90 bits per heavy atom. The number of carbonyl (C=O) groups excluding carboxylic acids is 2. The van der Waals surface area contributed by atoms with Crippen molar-refractivity contribution < 1.29 is 9.59 Å². The van der Waals surface area contributed by atoms with Gasteiger partial charge in [-0.1, -0.05) is 6.92 Å². The molecule has 0 aliphatic heterocycles. The normalized spacial score (nSPS) is 12.3. The Kier molecular flexibility index (Phi) is 5.12. The molecular weight excluding hydrogens is 258 g/mol. The molecule has 7 heteroatoms. The highest BCUT2D eigenvalue weighted by Gasteiger charge is 2.23. The summed E-state index contributed by atoms with van der Waals surface area (Å²) in [4.78, 5) is 24.0. The number of aromatic nitrogens is 2. The van der Waals surface area contributed by atoms with Gasteiger partial charge in [0, 0.05) is 13.1 Å². The first-order valence-electron chi connectivity index (χ1n) is 6.70. The molecule has 4 N–H and O–H groups in total. The SMILES string of the molecule is CCc1nn(C)c(C(=O)NC(C)C(=O)NC(C)C)c1N. The molecule has 1 heterocycles. The molecule has 0 aliphatic rings. The maximum atomic E-state index is 12.2. The van der Waals surface area contributed by atoms with Gasteiger partial charge in [-0.25, -0.2) is 0 Å². The number of nitrogen functional groups attached to an aromatic ring is 1. The van der Waals surface area contributed by atoms with E-state index >= 15 is 0 Å². The number of amides is 2. The van der Waals surface area contributed by atoms with Crippen molar-refractivity contribution in [3.63, 3.8) is 0 Å². The second kappa shape index (κ2) is 6.40. The maximum Gasteiger partial charge on any atom is 0.272 e. The number of rotatable bonds is 5. The van der Waals surface area contributed by atoms with Gasteiger partial charge in [-0.15, -0.1) is 0 Å². The van der Waals surface area contributed by atoms with Gasteiger partial charge >= 0.3 is 0 Å². The second-order valence-corrected chi connectivity index (χ2v) is 5.04. The van der Waals surface area contributed by atoms with Crippen LogP contribution in [0, 0.1) is 0 Å². The summed E-state index contributed by atoms with van der Waals surface area (Å²) in [6.45, 7) is 7.26. The molecule has 0 bridgehead atoms. The number of hydrogen-bond acceptors (Lipinski definition) is 4. The van der Waals surface area contributed by atoms with E-state index in [2.05, 4.69) is 15.7 Å². The van der Waals surface area contributed by atoms with Crippen LogP contribution in [0.5, 0.6) is 0 Å². The zero-order valence-corrected chi connectivity index (χ0v) is 12.7. The van der Waals surface area contributed by atoms with Gasteiger partial charge in [-0.3, -0.25) is 14.3 Å². The van der Waals surface area contributed by atoms with Gasteiger partial charge in [-0.2, -0.15) is 5.10 Å². The van der Waals surface area contributed by atoms with Crippen molar-refractivity contribution in [2.45, 2.75) is 46.2 Å². The molecule has 2 amide bonds. The highest BCUT2D eigenvalue weighted by molar-refractivity contribution is 6.00. The van der Waals surface area contributed by atoms with Gasteiger partial charge in [0.1, 0.15) is 11.7 Å². The van der Waals surface area contributed by atoms with Gasteiger partial charge in [-0.05, 0) is 27.2 Å². The fourth-order valence-corrected chi connectivity index (χ4v) is 1.87. The van der Waals surface area contributed by atoms with Crippen molar-refractivity contribution in [1.82, 2.24) is 20.4 Å². The minimum atomic E-state index is -0.635. The van der Waals surface area contributed by atoms with E-state index in [9.17, 15) is 9.59 Å². The third-order valence-electron chi connectivity index (χ3n) is 2.88. The predicted molar refractivity (Wildman–Crippen MR) is 77.2 cm³/mol. The van der Waals surface area contributed by atoms with Crippen LogP contribution in [0.15, 0.2) is 0 Å². The van der Waals surface area contributed by atoms with E-state index < -0.39 is 11.9 Å². The number of nitrogens with zero attached hydrogens (tertiary/aromatic N) is 2. The van der Waals surface area contributed by atoms with Crippen LogP contribution in [0.3, 0.4) is 0 Å². The van der Waals surface area contributed by atoms with Crippen molar-refractivity contribution in [2.75, 3.05) is 5.73 Å². The van der Waals surface area contributed by atoms with E-state index in [0.717, 1.165) is 0 Å². The quantitative estimate of drug-likeness (QED) is 0.718. The molecule has 1 aromatic heterocycles. The largest absolute Gasteiger partial charge is 0.395 e. The zero-order valence-electron chi connectivity index (χ0n) is 12.7. The van der Waals surface area contributed by atoms with E-state index in [1.165, 1.54) is 4.68 Å². The predicted octanol–water partition coefficient (Wildman–Crippen LogP) is 0.208. The first-order chi connectivity index (χ1) is 9.27. The molecule has 1 aromatic rings. The Bertz CT molecular complexity index is 507. The summed E-state index contributed by atoms with van der Waals surface area (Å²) in [6, 6.07) is -0.611. The number of aryl methyl sites for hydroxylation is 2. The molecular formula is C13H23N5O2. The minimum absolute atomic E-state index is 0.0234. The average Bonchev–Trinajstić information content (AvgIpc) is 2.63. The monoisotopic (exact) mass is 281 g/mol. The van der Waals surface area contributed by atoms with Crippen LogP contribution in [-0.2, 0) is 18.3 Å². The molecule has 7 nitrogen and oxygen atoms in total. The number of hydrogen-bond donors (Lipinski definition) is 3. The standard InChI is InChI=1S/C13H23N5O2/c1-6-9-10(14)11(18(5)17-9)13(20)16-8(4)12(19)15-7(2)3/h7-8H,6,14H2,1-5H3,(H,15,19)(H,16,20). The van der Waals surface area contributed by atoms with Crippen molar-refractivity contribution in [3.05, 3.63) is 11.4 Å². The van der Waals surface area contributed by atoms with E-state index in [-0.39, 0.29) is 17.6 Å². The van der Waals surface area contributed by atoms with Crippen LogP contribution in [-0.4, -0.2) is 33.7 Å². The van der Waals surface area contributed by atoms with Crippen LogP contribution < -0.4 is 16.4 Å². The molecule has 0 aliphatic carbocycles. The molecule has 0 spiro atoms. The van der Waals surface area contributed by atoms with Crippen LogP contribution in [0.25, 0.3) is 0 Å². The summed E-state index contributed by atoms with van der Waals surface area (Å²) < 4.78 is 1.44. The summed E-state index contributed by atoms with van der Waals surface area (Å²) in [6.07, 6.45) is 0.649. The molecule has 0 radical (unpaired) electrons. The van der Waals surface area contributed by atoms with Crippen molar-refractivity contribution in [2.24, 2.45) is 7.05 Å². The molecule has 0 saturated carbocycles. The fraction of sp³-hybridized carbons (Fsp3) is 0.615. The number of anilines is 1. The third kappa shape index (κ3) is 3.49. The zero-order chi connectivity index (χ0) is 15.4. The van der Waals surface area contributed by atoms with Gasteiger partial charge in [0.25, 0.3) is 5.91 Å². The van der Waals surface area contributed by atoms with Crippen LogP contribution >= 0.6 is 0 Å². The van der Waals surface area contributed by atoms with Crippen molar-refractivity contribution >= 4 is 17.5 Å². The number of carbonyl (C=O) groups is 2. The first kappa shape index (κ1) is 16.0. The molecule has 0 fully saturated rings. The Labute approximate surface area is 118 Å². The number of nitrogens with one attached hydrogen (secondary N) is 2. The van der Waals surface area contributed by atoms with E-state index in [1.54, 1.807) is 14.0 Å². The molecule has 1 atom stereocenters. The lowest BCUT2D eigenvalue weighted by atomic mass is 10.2. The molecule has 112 valence electrons. The summed E-state index contributed by atoms with van der Waals surface area (Å²) in [5.41, 5.74) is 7.23. The second-order valence-electron chi connectivity index (χ2n) is 5.04. The Morgan fingerprint density at radius 3 is 2.35 bits per heavy atom. The van der Waals surface area contributed by atoms with E-state index in [4.69, 9.17) is 5.73 Å². The summed E-state index contributed by atoms with van der Waals surface area (Å²) >= 11 is 0. The minimum Gasteiger partial charge on any atom is -0.395 e. The van der Waals surface area contributed by atoms with Crippen LogP contribution in [0.1, 0.15) is 43.9 Å². The van der Waals surface area contributed by atoms with Gasteiger partial charge in [0.05, 0.1) is 11.4 Å². The molecule has 20 heavy (non-hydrogen) atoms. The lowest BCUT2D eigenvalue weighted by Gasteiger charge is -2.16. The van der Waals surface area contributed by atoms with Crippen molar-refractivity contribution in [1.29, 1.82) is 0 Å². The topological polar surface area (TPSA) is 102 Å². The van der Waals surface area contributed by atoms with E-state index in [1.807, 2.05) is 20.8 Å². The highest BCUT2D eigenvalue weighted by Crippen LogP contribution is 2.16. The lowest BCUT2D eigenvalue weighted by molar-refractivity contribution is -0.123. The molecule has 0 aromatic carbocycles. The molecule has 1 unspecified atom stereocenters. The van der Waals surface area contributed by atoms with Gasteiger partial charge in [0.15, 0.2) is 0 Å². The summed E-state index contributed by atoms with van der Waals surface area (Å²) in [7, 11) is 1.66. The summed E-state index contributed by atoms with van der Waals surface area (Å²) in [5.74, 6) is -0.631. The Morgan fingerprint density at radius 1 is 1.30 bits per heavy atom. The summed E-state index contributed by atoms with van der Waals surface area (Å²) in [5, 5.41) is 9.55. The van der Waals surface area contributed by atoms with Crippen LogP contribution in [0.2, 0.25) is 0 Å². The van der Waals surface area contributed by atoms with Crippen LogP contribution in [0.4, 0.5) is 5.69 Å². The molecule has 1 rings (SSSR count). The Hall–Kier alpha value is -2.05. The average molecular weight is 281 g/mol. The number of nitrogens with two attached hydrogens (primary N) is 1. The van der Waals surface area contributed by atoms with E-state index in [0.29, 0.717) is 17.8 Å².